The second-order valence-corrected chi connectivity index (χ2v) is 13.0. The van der Waals surface area contributed by atoms with Crippen LogP contribution in [0.1, 0.15) is 92.4 Å². The zero-order valence-corrected chi connectivity index (χ0v) is 21.5. The van der Waals surface area contributed by atoms with E-state index in [1.807, 2.05) is 0 Å². The van der Waals surface area contributed by atoms with E-state index in [1.54, 1.807) is 12.5 Å². The third-order valence-corrected chi connectivity index (χ3v) is 11.2. The second kappa shape index (κ2) is 8.66. The Hall–Kier alpha value is -0.870. The van der Waals surface area contributed by atoms with E-state index in [0.29, 0.717) is 35.4 Å². The summed E-state index contributed by atoms with van der Waals surface area (Å²) in [7, 11) is 0. The van der Waals surface area contributed by atoms with Crippen molar-refractivity contribution in [1.29, 1.82) is 0 Å². The molecule has 4 aliphatic carbocycles. The Balaban J connectivity index is 1.31. The standard InChI is InChI=1S/C29H46O4/c1-17(16-30)6-9-25-18(2)27-26(33-25)15-24-22-8-7-20-14-21(32-19(3)31)10-12-28(20,4)23(22)11-13-29(24,27)5/h7,17-18,21-27,30H,6,8-16H2,1-5H3/t17-,18+,21-,22+,23-,24-,25+,26-,27-,28-,29-/m0/s1. The third kappa shape index (κ3) is 3.82. The van der Waals surface area contributed by atoms with Crippen LogP contribution in [0.2, 0.25) is 0 Å². The zero-order valence-electron chi connectivity index (χ0n) is 21.5. The molecule has 0 spiro atoms. The number of esters is 1. The van der Waals surface area contributed by atoms with Crippen molar-refractivity contribution in [3.05, 3.63) is 11.6 Å². The van der Waals surface area contributed by atoms with Gasteiger partial charge in [-0.2, -0.15) is 0 Å². The van der Waals surface area contributed by atoms with Gasteiger partial charge in [0.1, 0.15) is 6.10 Å². The molecule has 11 atom stereocenters. The van der Waals surface area contributed by atoms with Gasteiger partial charge < -0.3 is 14.6 Å². The Morgan fingerprint density at radius 1 is 1.27 bits per heavy atom. The van der Waals surface area contributed by atoms with Gasteiger partial charge in [0.2, 0.25) is 0 Å². The predicted molar refractivity (Wildman–Crippen MR) is 129 cm³/mol. The van der Waals surface area contributed by atoms with Crippen LogP contribution < -0.4 is 0 Å². The first-order valence-electron chi connectivity index (χ1n) is 13.8. The average molecular weight is 459 g/mol. The molecule has 4 heteroatoms. The Labute approximate surface area is 200 Å². The van der Waals surface area contributed by atoms with Crippen molar-refractivity contribution in [3.8, 4) is 0 Å². The van der Waals surface area contributed by atoms with E-state index >= 15 is 0 Å². The number of allylic oxidation sites excluding steroid dienone is 1. The van der Waals surface area contributed by atoms with E-state index in [-0.39, 0.29) is 24.1 Å². The van der Waals surface area contributed by atoms with Crippen LogP contribution in [0.3, 0.4) is 0 Å². The number of aliphatic hydroxyl groups excluding tert-OH is 1. The largest absolute Gasteiger partial charge is 0.462 e. The molecule has 0 amide bonds. The highest BCUT2D eigenvalue weighted by atomic mass is 16.5. The fourth-order valence-electron chi connectivity index (χ4n) is 9.52. The normalized spacial score (nSPS) is 49.3. The smallest absolute Gasteiger partial charge is 0.302 e. The van der Waals surface area contributed by atoms with Crippen molar-refractivity contribution in [2.24, 2.45) is 46.3 Å². The van der Waals surface area contributed by atoms with Crippen LogP contribution in [-0.4, -0.2) is 36.0 Å². The summed E-state index contributed by atoms with van der Waals surface area (Å²) in [6.07, 6.45) is 13.8. The Kier molecular flexibility index (Phi) is 6.26. The maximum atomic E-state index is 11.5. The Bertz CT molecular complexity index is 790. The second-order valence-electron chi connectivity index (χ2n) is 13.0. The fourth-order valence-corrected chi connectivity index (χ4v) is 9.52. The highest BCUT2D eigenvalue weighted by Gasteiger charge is 2.64. The van der Waals surface area contributed by atoms with Crippen molar-refractivity contribution < 1.29 is 19.4 Å². The first kappa shape index (κ1) is 23.9. The monoisotopic (exact) mass is 458 g/mol. The van der Waals surface area contributed by atoms with Crippen molar-refractivity contribution in [2.75, 3.05) is 6.61 Å². The number of fused-ring (bicyclic) bond motifs is 7. The van der Waals surface area contributed by atoms with Gasteiger partial charge >= 0.3 is 5.97 Å². The van der Waals surface area contributed by atoms with Gasteiger partial charge in [0.25, 0.3) is 0 Å². The molecule has 0 aromatic rings. The lowest BCUT2D eigenvalue weighted by Gasteiger charge is -2.58. The van der Waals surface area contributed by atoms with Crippen LogP contribution in [0.15, 0.2) is 11.6 Å². The van der Waals surface area contributed by atoms with Crippen molar-refractivity contribution in [1.82, 2.24) is 0 Å². The van der Waals surface area contributed by atoms with Crippen molar-refractivity contribution in [2.45, 2.75) is 111 Å². The SMILES string of the molecule is CC(=O)O[C@H]1CC[C@@]2(C)C(=CC[C@H]3[C@@H]4C[C@@H]5O[C@H](CC[C@H](C)CO)[C@@H](C)[C@@H]5[C@@]4(C)CC[C@@H]32)C1. The molecule has 4 nitrogen and oxygen atoms in total. The minimum absolute atomic E-state index is 0.0813. The van der Waals surface area contributed by atoms with Gasteiger partial charge in [-0.25, -0.2) is 0 Å². The molecule has 4 fully saturated rings. The summed E-state index contributed by atoms with van der Waals surface area (Å²) in [5.74, 6) is 3.86. The quantitative estimate of drug-likeness (QED) is 0.410. The summed E-state index contributed by atoms with van der Waals surface area (Å²) in [5, 5.41) is 9.43. The van der Waals surface area contributed by atoms with E-state index in [0.717, 1.165) is 49.9 Å². The van der Waals surface area contributed by atoms with Crippen LogP contribution in [0, 0.1) is 46.3 Å². The van der Waals surface area contributed by atoms with Gasteiger partial charge in [-0.3, -0.25) is 4.79 Å². The topological polar surface area (TPSA) is 55.8 Å². The molecule has 0 radical (unpaired) electrons. The van der Waals surface area contributed by atoms with E-state index in [9.17, 15) is 9.90 Å². The molecule has 0 aromatic heterocycles. The molecule has 0 unspecified atom stereocenters. The van der Waals surface area contributed by atoms with Crippen LogP contribution in [0.5, 0.6) is 0 Å². The van der Waals surface area contributed by atoms with Gasteiger partial charge in [-0.15, -0.1) is 0 Å². The molecule has 1 N–H and O–H groups in total. The van der Waals surface area contributed by atoms with E-state index in [2.05, 4.69) is 33.8 Å². The molecular weight excluding hydrogens is 412 g/mol. The first-order valence-corrected chi connectivity index (χ1v) is 13.8. The Morgan fingerprint density at radius 3 is 2.79 bits per heavy atom. The summed E-state index contributed by atoms with van der Waals surface area (Å²) in [6, 6.07) is 0. The number of carbonyl (C=O) groups is 1. The highest BCUT2D eigenvalue weighted by Crippen LogP contribution is 2.69. The zero-order chi connectivity index (χ0) is 23.5. The maximum Gasteiger partial charge on any atom is 0.302 e. The van der Waals surface area contributed by atoms with E-state index < -0.39 is 0 Å². The highest BCUT2D eigenvalue weighted by molar-refractivity contribution is 5.66. The van der Waals surface area contributed by atoms with Crippen LogP contribution in [0.4, 0.5) is 0 Å². The van der Waals surface area contributed by atoms with E-state index in [1.165, 1.54) is 25.7 Å². The number of hydrogen-bond acceptors (Lipinski definition) is 4. The van der Waals surface area contributed by atoms with Crippen molar-refractivity contribution >= 4 is 5.97 Å². The average Bonchev–Trinajstić information content (AvgIpc) is 3.25. The fraction of sp³-hybridized carbons (Fsp3) is 0.897. The number of rotatable bonds is 5. The van der Waals surface area contributed by atoms with Gasteiger partial charge in [0.05, 0.1) is 12.2 Å². The lowest BCUT2D eigenvalue weighted by atomic mass is 9.47. The Morgan fingerprint density at radius 2 is 2.06 bits per heavy atom. The van der Waals surface area contributed by atoms with Crippen LogP contribution >= 0.6 is 0 Å². The number of aliphatic hydroxyl groups is 1. The molecule has 186 valence electrons. The van der Waals surface area contributed by atoms with Gasteiger partial charge in [0, 0.05) is 20.0 Å². The summed E-state index contributed by atoms with van der Waals surface area (Å²) in [6.45, 7) is 11.6. The molecule has 1 saturated heterocycles. The number of hydrogen-bond donors (Lipinski definition) is 1. The predicted octanol–water partition coefficient (Wildman–Crippen LogP) is 5.92. The molecule has 0 bridgehead atoms. The maximum absolute atomic E-state index is 11.5. The third-order valence-electron chi connectivity index (χ3n) is 11.2. The molecule has 0 aromatic carbocycles. The molecule has 1 heterocycles. The van der Waals surface area contributed by atoms with Gasteiger partial charge in [0.15, 0.2) is 0 Å². The minimum atomic E-state index is -0.137. The number of carbonyl (C=O) groups excluding carboxylic acids is 1. The van der Waals surface area contributed by atoms with Crippen LogP contribution in [0.25, 0.3) is 0 Å². The molecule has 1 aliphatic heterocycles. The minimum Gasteiger partial charge on any atom is -0.462 e. The van der Waals surface area contributed by atoms with Crippen LogP contribution in [-0.2, 0) is 14.3 Å². The molecule has 5 rings (SSSR count). The molecule has 5 aliphatic rings. The van der Waals surface area contributed by atoms with Gasteiger partial charge in [-0.1, -0.05) is 39.3 Å². The summed E-state index contributed by atoms with van der Waals surface area (Å²) >= 11 is 0. The summed E-state index contributed by atoms with van der Waals surface area (Å²) in [5.41, 5.74) is 2.26. The first-order chi connectivity index (χ1) is 15.7. The molecule has 3 saturated carbocycles. The summed E-state index contributed by atoms with van der Waals surface area (Å²) in [4.78, 5) is 11.5. The van der Waals surface area contributed by atoms with Gasteiger partial charge in [-0.05, 0) is 97.7 Å². The molecular formula is C29H46O4. The van der Waals surface area contributed by atoms with E-state index in [4.69, 9.17) is 9.47 Å². The lowest BCUT2D eigenvalue weighted by molar-refractivity contribution is -0.148. The van der Waals surface area contributed by atoms with Crippen molar-refractivity contribution in [3.63, 3.8) is 0 Å². The lowest BCUT2D eigenvalue weighted by Crippen LogP contribution is -2.51. The summed E-state index contributed by atoms with van der Waals surface area (Å²) < 4.78 is 12.4. The number of ether oxygens (including phenoxy) is 2. The molecule has 33 heavy (non-hydrogen) atoms.